The molecule has 2 heterocycles. The lowest BCUT2D eigenvalue weighted by atomic mass is 9.83. The predicted octanol–water partition coefficient (Wildman–Crippen LogP) is 34.2. The molecule has 0 unspecified atom stereocenters. The molecule has 0 saturated heterocycles. The molecule has 0 radical (unpaired) electrons. The molecule has 124 heavy (non-hydrogen) atoms. The van der Waals surface area contributed by atoms with Gasteiger partial charge in [0.15, 0.2) is 0 Å². The topological polar surface area (TPSA) is 9.86 Å². The summed E-state index contributed by atoms with van der Waals surface area (Å²) in [7, 11) is 0. The number of nitrogens with zero attached hydrogens (tertiary/aromatic N) is 2. The SMILES string of the molecule is CCn1c2ccc(-c3ccc(-c4ccc(-c5c6ccc(-c7ccccc7)cc6c(-c6ccc(-c7ccc(-c8ccccc8)cc7)cc6)c6ccc(-c7ccccc7)cc56)cc4)cc3)cc2c2cc(C(C)(C)C)ccc21.CCn1c2ccccc2c2cc(-c3ccc(-c4ccc(-c5c6ccc(C)cc6c(-c6ccccc6)c6ccc(C)cc56)cc4)cc3)ccc21. The van der Waals surface area contributed by atoms with Crippen molar-refractivity contribution in [3.63, 3.8) is 0 Å². The highest BCUT2D eigenvalue weighted by atomic mass is 15.0. The van der Waals surface area contributed by atoms with E-state index in [2.05, 4.69) is 476 Å². The van der Waals surface area contributed by atoms with Crippen LogP contribution in [0, 0.1) is 13.8 Å². The van der Waals surface area contributed by atoms with Crippen molar-refractivity contribution in [3.05, 3.63) is 435 Å². The van der Waals surface area contributed by atoms with Crippen LogP contribution in [0.4, 0.5) is 0 Å². The third kappa shape index (κ3) is 14.0. The van der Waals surface area contributed by atoms with Gasteiger partial charge in [0.1, 0.15) is 0 Å². The summed E-state index contributed by atoms with van der Waals surface area (Å²) in [6.07, 6.45) is 0. The molecule has 22 aromatic rings. The number of aryl methyl sites for hydroxylation is 4. The summed E-state index contributed by atoms with van der Waals surface area (Å²) < 4.78 is 4.86. The lowest BCUT2D eigenvalue weighted by Gasteiger charge is -2.20. The van der Waals surface area contributed by atoms with Gasteiger partial charge in [0.25, 0.3) is 0 Å². The highest BCUT2D eigenvalue weighted by Crippen LogP contribution is 2.50. The van der Waals surface area contributed by atoms with E-state index in [-0.39, 0.29) is 5.41 Å². The molecule has 0 saturated carbocycles. The second-order valence-electron chi connectivity index (χ2n) is 34.5. The van der Waals surface area contributed by atoms with Gasteiger partial charge < -0.3 is 9.13 Å². The molecule has 0 spiro atoms. The van der Waals surface area contributed by atoms with Crippen molar-refractivity contribution in [1.82, 2.24) is 9.13 Å². The summed E-state index contributed by atoms with van der Waals surface area (Å²) in [6, 6.07) is 155. The third-order valence-corrected chi connectivity index (χ3v) is 25.9. The van der Waals surface area contributed by atoms with E-state index in [0.717, 1.165) is 13.1 Å². The van der Waals surface area contributed by atoms with Crippen molar-refractivity contribution in [1.29, 1.82) is 0 Å². The zero-order chi connectivity index (χ0) is 83.7. The maximum absolute atomic E-state index is 2.45. The molecule has 0 N–H and O–H groups in total. The van der Waals surface area contributed by atoms with Crippen LogP contribution >= 0.6 is 0 Å². The Morgan fingerprint density at radius 3 is 0.726 bits per heavy atom. The average Bonchev–Trinajstić information content (AvgIpc) is 1.06. The molecule has 2 heteroatoms. The smallest absolute Gasteiger partial charge is 0.0491 e. The minimum Gasteiger partial charge on any atom is -0.341 e. The Morgan fingerprint density at radius 1 is 0.169 bits per heavy atom. The van der Waals surface area contributed by atoms with Crippen molar-refractivity contribution in [2.45, 2.75) is 67.0 Å². The Hall–Kier alpha value is -15.0. The van der Waals surface area contributed by atoms with Crippen molar-refractivity contribution in [2.75, 3.05) is 0 Å². The fourth-order valence-electron chi connectivity index (χ4n) is 19.5. The number of aromatic nitrogens is 2. The first-order chi connectivity index (χ1) is 60.8. The monoisotopic (exact) mass is 1590 g/mol. The largest absolute Gasteiger partial charge is 0.341 e. The summed E-state index contributed by atoms with van der Waals surface area (Å²) in [5, 5.41) is 15.4. The standard InChI is InChI=1S/C74H57N.C48H37N/c1-5-75-70-43-39-62(45-66(70)67-48-63(74(2,3)4)40-44-71(67)75)57-27-25-54(26-28-57)56-31-35-59(36-32-56)73-65-42-38-60(50-17-11-7-12-18-50)46-68(65)72(64-41-37-61(47-69(64)73)51-19-13-8-14-20-51)58-33-29-55(30-34-58)53-23-21-52(22-24-53)49-15-9-6-10-16-49;1-4-49-45-13-9-8-12-39(45)42-30-38(24-27-46(42)49)35-18-16-33(17-19-35)34-20-22-37(23-21-34)48-41-26-15-31(2)28-43(41)47(36-10-6-5-7-11-36)40-25-14-32(3)29-44(40)48/h6-48H,5H2,1-4H3;5-30H,4H2,1-3H3. The second kappa shape index (κ2) is 31.9. The number of fused-ring (bicyclic) bond motifs is 10. The molecule has 592 valence electrons. The Bertz CT molecular complexity index is 7800. The summed E-state index contributed by atoms with van der Waals surface area (Å²) in [6.45, 7) is 17.6. The van der Waals surface area contributed by atoms with Crippen LogP contribution < -0.4 is 0 Å². The molecule has 20 aromatic carbocycles. The molecule has 0 atom stereocenters. The number of para-hydroxylation sites is 1. The molecule has 22 rings (SSSR count). The van der Waals surface area contributed by atoms with Gasteiger partial charge in [-0.1, -0.05) is 396 Å². The van der Waals surface area contributed by atoms with E-state index in [9.17, 15) is 0 Å². The van der Waals surface area contributed by atoms with Gasteiger partial charge >= 0.3 is 0 Å². The lowest BCUT2D eigenvalue weighted by molar-refractivity contribution is 0.591. The number of hydrogen-bond donors (Lipinski definition) is 0. The van der Waals surface area contributed by atoms with Crippen molar-refractivity contribution < 1.29 is 0 Å². The number of rotatable bonds is 14. The molecule has 0 fully saturated rings. The maximum atomic E-state index is 2.45. The van der Waals surface area contributed by atoms with Gasteiger partial charge in [0.05, 0.1) is 0 Å². The molecule has 0 aliphatic heterocycles. The Labute approximate surface area is 726 Å². The van der Waals surface area contributed by atoms with Gasteiger partial charge in [-0.15, -0.1) is 0 Å². The first-order valence-corrected chi connectivity index (χ1v) is 43.8. The normalized spacial score (nSPS) is 11.7. The molecular weight excluding hydrogens is 1490 g/mol. The highest BCUT2D eigenvalue weighted by molar-refractivity contribution is 6.24. The van der Waals surface area contributed by atoms with Crippen molar-refractivity contribution in [3.8, 4) is 134 Å². The van der Waals surface area contributed by atoms with E-state index in [1.807, 2.05) is 0 Å². The van der Waals surface area contributed by atoms with E-state index in [1.165, 1.54) is 237 Å². The number of benzene rings is 20. The van der Waals surface area contributed by atoms with Crippen LogP contribution in [0.5, 0.6) is 0 Å². The quantitative estimate of drug-likeness (QED) is 0.0961. The van der Waals surface area contributed by atoms with Crippen LogP contribution in [0.15, 0.2) is 419 Å². The minimum atomic E-state index is 0.0808. The molecular formula is C122H94N2. The van der Waals surface area contributed by atoms with Crippen LogP contribution in [0.1, 0.15) is 51.3 Å². The fourth-order valence-corrected chi connectivity index (χ4v) is 19.5. The molecule has 2 nitrogen and oxygen atoms in total. The van der Waals surface area contributed by atoms with Gasteiger partial charge in [-0.25, -0.2) is 0 Å². The van der Waals surface area contributed by atoms with Gasteiger partial charge in [0.2, 0.25) is 0 Å². The molecule has 0 bridgehead atoms. The van der Waals surface area contributed by atoms with E-state index in [1.54, 1.807) is 0 Å². The summed E-state index contributed by atoms with van der Waals surface area (Å²) >= 11 is 0. The van der Waals surface area contributed by atoms with E-state index in [4.69, 9.17) is 0 Å². The first kappa shape index (κ1) is 76.4. The van der Waals surface area contributed by atoms with Crippen LogP contribution in [0.3, 0.4) is 0 Å². The van der Waals surface area contributed by atoms with Gasteiger partial charge in [-0.05, 0) is 270 Å². The first-order valence-electron chi connectivity index (χ1n) is 43.8. The zero-order valence-corrected chi connectivity index (χ0v) is 71.1. The lowest BCUT2D eigenvalue weighted by Crippen LogP contribution is -2.10. The van der Waals surface area contributed by atoms with Crippen molar-refractivity contribution in [2.24, 2.45) is 0 Å². The minimum absolute atomic E-state index is 0.0808. The number of hydrogen-bond acceptors (Lipinski definition) is 0. The van der Waals surface area contributed by atoms with Crippen LogP contribution in [0.2, 0.25) is 0 Å². The molecule has 0 aliphatic rings. The van der Waals surface area contributed by atoms with Crippen LogP contribution in [0.25, 0.3) is 220 Å². The Balaban J connectivity index is 0.000000166. The molecule has 0 aliphatic carbocycles. The van der Waals surface area contributed by atoms with Gasteiger partial charge in [0, 0.05) is 56.7 Å². The van der Waals surface area contributed by atoms with Gasteiger partial charge in [-0.3, -0.25) is 0 Å². The summed E-state index contributed by atoms with van der Waals surface area (Å²) in [4.78, 5) is 0. The third-order valence-electron chi connectivity index (χ3n) is 25.9. The Morgan fingerprint density at radius 2 is 0.387 bits per heavy atom. The van der Waals surface area contributed by atoms with Gasteiger partial charge in [-0.2, -0.15) is 0 Å². The summed E-state index contributed by atoms with van der Waals surface area (Å²) in [5.41, 5.74) is 38.6. The summed E-state index contributed by atoms with van der Waals surface area (Å²) in [5.74, 6) is 0. The van der Waals surface area contributed by atoms with E-state index >= 15 is 0 Å². The average molecular weight is 1590 g/mol. The van der Waals surface area contributed by atoms with E-state index < -0.39 is 0 Å². The van der Waals surface area contributed by atoms with Crippen LogP contribution in [-0.2, 0) is 18.5 Å². The van der Waals surface area contributed by atoms with E-state index in [0.29, 0.717) is 0 Å². The van der Waals surface area contributed by atoms with Crippen LogP contribution in [-0.4, -0.2) is 9.13 Å². The molecule has 0 amide bonds. The predicted molar refractivity (Wildman–Crippen MR) is 534 cm³/mol. The highest BCUT2D eigenvalue weighted by Gasteiger charge is 2.24. The molecule has 2 aromatic heterocycles. The maximum Gasteiger partial charge on any atom is 0.0491 e. The second-order valence-corrected chi connectivity index (χ2v) is 34.5. The van der Waals surface area contributed by atoms with Crippen molar-refractivity contribution >= 4 is 86.7 Å². The zero-order valence-electron chi connectivity index (χ0n) is 71.1. The fraction of sp³-hybridized carbons (Fsp3) is 0.0820. The Kier molecular flexibility index (Phi) is 19.7.